The number of nitrogens with one attached hydrogen (secondary N) is 1. The molecule has 0 spiro atoms. The van der Waals surface area contributed by atoms with E-state index in [1.54, 1.807) is 24.3 Å². The van der Waals surface area contributed by atoms with Crippen molar-refractivity contribution in [2.75, 3.05) is 19.6 Å². The lowest BCUT2D eigenvalue weighted by atomic mass is 10.2. The van der Waals surface area contributed by atoms with Crippen LogP contribution in [-0.4, -0.2) is 44.3 Å². The van der Waals surface area contributed by atoms with Crippen LogP contribution in [-0.2, 0) is 20.6 Å². The molecule has 6 nitrogen and oxygen atoms in total. The Kier molecular flexibility index (Phi) is 4.18. The van der Waals surface area contributed by atoms with E-state index >= 15 is 0 Å². The first-order chi connectivity index (χ1) is 9.00. The molecule has 104 valence electrons. The van der Waals surface area contributed by atoms with Gasteiger partial charge in [-0.05, 0) is 5.56 Å². The van der Waals surface area contributed by atoms with Crippen molar-refractivity contribution < 1.29 is 13.2 Å². The highest BCUT2D eigenvalue weighted by Gasteiger charge is 2.35. The molecule has 3 N–H and O–H groups in total. The minimum absolute atomic E-state index is 0.113. The van der Waals surface area contributed by atoms with Gasteiger partial charge in [-0.2, -0.15) is 4.31 Å². The molecular formula is C12H17N3O3S. The van der Waals surface area contributed by atoms with E-state index in [0.717, 1.165) is 0 Å². The van der Waals surface area contributed by atoms with E-state index in [9.17, 15) is 13.2 Å². The quantitative estimate of drug-likeness (QED) is 0.762. The first-order valence-electron chi connectivity index (χ1n) is 6.04. The SMILES string of the molecule is NC(=O)C1CNCCN1S(=O)(=O)Cc1ccccc1. The van der Waals surface area contributed by atoms with E-state index in [0.29, 0.717) is 12.1 Å². The van der Waals surface area contributed by atoms with Gasteiger partial charge in [-0.3, -0.25) is 4.79 Å². The Morgan fingerprint density at radius 2 is 2.05 bits per heavy atom. The number of hydrogen-bond donors (Lipinski definition) is 2. The van der Waals surface area contributed by atoms with Crippen molar-refractivity contribution in [1.29, 1.82) is 0 Å². The molecule has 1 atom stereocenters. The van der Waals surface area contributed by atoms with Crippen LogP contribution in [0.5, 0.6) is 0 Å². The van der Waals surface area contributed by atoms with Crippen molar-refractivity contribution in [3.63, 3.8) is 0 Å². The second-order valence-corrected chi connectivity index (χ2v) is 6.40. The largest absolute Gasteiger partial charge is 0.368 e. The molecule has 1 amide bonds. The van der Waals surface area contributed by atoms with Gasteiger partial charge in [0.25, 0.3) is 0 Å². The van der Waals surface area contributed by atoms with Gasteiger partial charge in [0.05, 0.1) is 5.75 Å². The zero-order valence-electron chi connectivity index (χ0n) is 10.5. The summed E-state index contributed by atoms with van der Waals surface area (Å²) in [4.78, 5) is 11.3. The van der Waals surface area contributed by atoms with E-state index in [-0.39, 0.29) is 18.8 Å². The molecule has 0 aliphatic carbocycles. The maximum atomic E-state index is 12.4. The molecule has 19 heavy (non-hydrogen) atoms. The van der Waals surface area contributed by atoms with Gasteiger partial charge in [0.15, 0.2) is 0 Å². The number of amides is 1. The molecule has 0 saturated carbocycles. The minimum Gasteiger partial charge on any atom is -0.368 e. The Morgan fingerprint density at radius 3 is 2.68 bits per heavy atom. The fourth-order valence-electron chi connectivity index (χ4n) is 2.13. The highest BCUT2D eigenvalue weighted by Crippen LogP contribution is 2.15. The van der Waals surface area contributed by atoms with E-state index in [4.69, 9.17) is 5.73 Å². The maximum Gasteiger partial charge on any atom is 0.237 e. The molecular weight excluding hydrogens is 266 g/mol. The third-order valence-corrected chi connectivity index (χ3v) is 4.92. The van der Waals surface area contributed by atoms with Crippen LogP contribution in [0.15, 0.2) is 30.3 Å². The third kappa shape index (κ3) is 3.31. The molecule has 1 aromatic carbocycles. The van der Waals surface area contributed by atoms with E-state index in [1.807, 2.05) is 6.07 Å². The second kappa shape index (κ2) is 5.68. The molecule has 0 aromatic heterocycles. The summed E-state index contributed by atoms with van der Waals surface area (Å²) in [5.74, 6) is -0.735. The molecule has 0 radical (unpaired) electrons. The summed E-state index contributed by atoms with van der Waals surface area (Å²) in [7, 11) is -3.54. The summed E-state index contributed by atoms with van der Waals surface area (Å²) in [5, 5.41) is 2.98. The van der Waals surface area contributed by atoms with Crippen molar-refractivity contribution in [3.8, 4) is 0 Å². The van der Waals surface area contributed by atoms with Crippen LogP contribution < -0.4 is 11.1 Å². The molecule has 7 heteroatoms. The van der Waals surface area contributed by atoms with Crippen molar-refractivity contribution in [1.82, 2.24) is 9.62 Å². The second-order valence-electron chi connectivity index (χ2n) is 4.47. The monoisotopic (exact) mass is 283 g/mol. The van der Waals surface area contributed by atoms with E-state index < -0.39 is 22.0 Å². The predicted octanol–water partition coefficient (Wildman–Crippen LogP) is -0.724. The number of benzene rings is 1. The number of carbonyl (C=O) groups excluding carboxylic acids is 1. The van der Waals surface area contributed by atoms with E-state index in [1.165, 1.54) is 4.31 Å². The summed E-state index contributed by atoms with van der Waals surface area (Å²) >= 11 is 0. The standard InChI is InChI=1S/C12H17N3O3S/c13-12(16)11-8-14-6-7-15(11)19(17,18)9-10-4-2-1-3-5-10/h1-5,11,14H,6-9H2,(H2,13,16). The zero-order chi connectivity index (χ0) is 13.9. The molecule has 0 bridgehead atoms. The van der Waals surface area contributed by atoms with Crippen LogP contribution in [0.25, 0.3) is 0 Å². The number of sulfonamides is 1. The van der Waals surface area contributed by atoms with Crippen molar-refractivity contribution in [2.45, 2.75) is 11.8 Å². The smallest absolute Gasteiger partial charge is 0.237 e. The fourth-order valence-corrected chi connectivity index (χ4v) is 3.84. The van der Waals surface area contributed by atoms with Crippen LogP contribution in [0.3, 0.4) is 0 Å². The lowest BCUT2D eigenvalue weighted by Gasteiger charge is -2.33. The van der Waals surface area contributed by atoms with Gasteiger partial charge in [0, 0.05) is 19.6 Å². The normalized spacial score (nSPS) is 21.2. The number of nitrogens with two attached hydrogens (primary N) is 1. The van der Waals surface area contributed by atoms with Crippen LogP contribution in [0.1, 0.15) is 5.56 Å². The van der Waals surface area contributed by atoms with Crippen LogP contribution >= 0.6 is 0 Å². The molecule has 1 saturated heterocycles. The number of carbonyl (C=O) groups is 1. The van der Waals surface area contributed by atoms with Gasteiger partial charge >= 0.3 is 0 Å². The van der Waals surface area contributed by atoms with Crippen molar-refractivity contribution in [3.05, 3.63) is 35.9 Å². The predicted molar refractivity (Wildman–Crippen MR) is 71.6 cm³/mol. The topological polar surface area (TPSA) is 92.5 Å². The average Bonchev–Trinajstić information content (AvgIpc) is 2.39. The summed E-state index contributed by atoms with van der Waals surface area (Å²) < 4.78 is 25.9. The summed E-state index contributed by atoms with van der Waals surface area (Å²) in [6.07, 6.45) is 0. The zero-order valence-corrected chi connectivity index (χ0v) is 11.3. The van der Waals surface area contributed by atoms with Gasteiger partial charge in [0.1, 0.15) is 6.04 Å². The summed E-state index contributed by atoms with van der Waals surface area (Å²) in [6.45, 7) is 1.06. The Morgan fingerprint density at radius 1 is 1.37 bits per heavy atom. The van der Waals surface area contributed by atoms with Crippen molar-refractivity contribution in [2.24, 2.45) is 5.73 Å². The Hall–Kier alpha value is -1.44. The summed E-state index contributed by atoms with van der Waals surface area (Å²) in [5.41, 5.74) is 5.96. The van der Waals surface area contributed by atoms with Gasteiger partial charge in [-0.1, -0.05) is 30.3 Å². The fraction of sp³-hybridized carbons (Fsp3) is 0.417. The molecule has 1 unspecified atom stereocenters. The Labute approximate surface area is 112 Å². The number of nitrogens with zero attached hydrogens (tertiary/aromatic N) is 1. The molecule has 1 aliphatic rings. The van der Waals surface area contributed by atoms with Crippen LogP contribution in [0.4, 0.5) is 0 Å². The number of rotatable bonds is 4. The molecule has 1 aliphatic heterocycles. The first-order valence-corrected chi connectivity index (χ1v) is 7.65. The Balaban J connectivity index is 2.20. The number of primary amides is 1. The number of hydrogen-bond acceptors (Lipinski definition) is 4. The lowest BCUT2D eigenvalue weighted by Crippen LogP contribution is -2.58. The first kappa shape index (κ1) is 14.0. The minimum atomic E-state index is -3.54. The van der Waals surface area contributed by atoms with E-state index in [2.05, 4.69) is 5.32 Å². The van der Waals surface area contributed by atoms with Gasteiger partial charge in [-0.25, -0.2) is 8.42 Å². The molecule has 2 rings (SSSR count). The molecule has 1 heterocycles. The van der Waals surface area contributed by atoms with Gasteiger partial charge < -0.3 is 11.1 Å². The van der Waals surface area contributed by atoms with Crippen molar-refractivity contribution >= 4 is 15.9 Å². The average molecular weight is 283 g/mol. The van der Waals surface area contributed by atoms with Gasteiger partial charge in [0.2, 0.25) is 15.9 Å². The third-order valence-electron chi connectivity index (χ3n) is 3.07. The lowest BCUT2D eigenvalue weighted by molar-refractivity contribution is -0.122. The maximum absolute atomic E-state index is 12.4. The number of piperazine rings is 1. The highest BCUT2D eigenvalue weighted by molar-refractivity contribution is 7.88. The van der Waals surface area contributed by atoms with Crippen LogP contribution in [0, 0.1) is 0 Å². The summed E-state index contributed by atoms with van der Waals surface area (Å²) in [6, 6.07) is 8.09. The molecule has 1 fully saturated rings. The molecule has 1 aromatic rings. The van der Waals surface area contributed by atoms with Crippen LogP contribution in [0.2, 0.25) is 0 Å². The van der Waals surface area contributed by atoms with Gasteiger partial charge in [-0.15, -0.1) is 0 Å². The highest BCUT2D eigenvalue weighted by atomic mass is 32.2. The Bertz CT molecular complexity index is 545.